The normalized spacial score (nSPS) is 18.2. The molecule has 0 unspecified atom stereocenters. The monoisotopic (exact) mass is 840 g/mol. The van der Waals surface area contributed by atoms with Crippen molar-refractivity contribution in [3.8, 4) is 17.6 Å². The minimum absolute atomic E-state index is 0.0401. The highest BCUT2D eigenvalue weighted by Gasteiger charge is 2.51. The van der Waals surface area contributed by atoms with Gasteiger partial charge in [-0.3, -0.25) is 4.79 Å². The number of benzene rings is 4. The number of hydrogen-bond donors (Lipinski definition) is 0. The van der Waals surface area contributed by atoms with E-state index in [-0.39, 0.29) is 24.5 Å². The number of nitrogens with zero attached hydrogens (tertiary/aromatic N) is 2. The van der Waals surface area contributed by atoms with E-state index in [9.17, 15) is 24.4 Å². The molecule has 0 saturated carbocycles. The van der Waals surface area contributed by atoms with Crippen molar-refractivity contribution < 1.29 is 57.1 Å². The molecular weight excluding hydrogens is 797 g/mol. The lowest BCUT2D eigenvalue weighted by Crippen LogP contribution is -2.36. The van der Waals surface area contributed by atoms with Gasteiger partial charge >= 0.3 is 23.9 Å². The van der Waals surface area contributed by atoms with Gasteiger partial charge < -0.3 is 37.9 Å². The highest BCUT2D eigenvalue weighted by atomic mass is 16.7. The molecule has 0 aromatic heterocycles. The van der Waals surface area contributed by atoms with E-state index < -0.39 is 48.3 Å². The molecule has 14 heteroatoms. The second-order valence-corrected chi connectivity index (χ2v) is 14.2. The van der Waals surface area contributed by atoms with Gasteiger partial charge in [-0.05, 0) is 107 Å². The molecule has 2 aliphatic rings. The van der Waals surface area contributed by atoms with Gasteiger partial charge in [0.05, 0.1) is 46.2 Å². The summed E-state index contributed by atoms with van der Waals surface area (Å²) in [7, 11) is 0. The molecule has 0 spiro atoms. The van der Waals surface area contributed by atoms with Gasteiger partial charge in [0.25, 0.3) is 5.70 Å². The first kappa shape index (κ1) is 44.3. The first-order valence-corrected chi connectivity index (χ1v) is 20.0. The lowest BCUT2D eigenvalue weighted by Gasteiger charge is -2.17. The number of rotatable bonds is 20. The smallest absolute Gasteiger partial charge is 0.349 e. The van der Waals surface area contributed by atoms with Crippen molar-refractivity contribution in [2.24, 2.45) is 0 Å². The van der Waals surface area contributed by atoms with E-state index in [1.54, 1.807) is 12.1 Å². The van der Waals surface area contributed by atoms with Crippen LogP contribution in [0.15, 0.2) is 109 Å². The Bertz CT molecular complexity index is 2310. The van der Waals surface area contributed by atoms with E-state index in [1.165, 1.54) is 12.2 Å². The molecule has 0 aliphatic carbocycles. The van der Waals surface area contributed by atoms with Crippen LogP contribution in [-0.2, 0) is 47.6 Å². The first-order valence-electron chi connectivity index (χ1n) is 20.0. The summed E-state index contributed by atoms with van der Waals surface area (Å²) >= 11 is 0. The van der Waals surface area contributed by atoms with Crippen molar-refractivity contribution >= 4 is 57.6 Å². The summed E-state index contributed by atoms with van der Waals surface area (Å²) in [5.41, 5.74) is 0.766. The standard InChI is InChI=1S/C48H44N2O12/c1-4-43(51)57-20-8-6-18-55-38-16-14-33-22-31(10-12-35(33)26-38)24-37(28-49)47(53)61-41-29-59-46-42(30-60-45(41)46)62-48(54)40(50-3)25-32-11-13-36-27-39(17-15-34(36)23-32)56-19-7-9-21-58-44(52)5-2/h4-5,10-17,22-27,41-42,45-46H,1-2,6-9,18-21,29-30H2/b37-24+,40-25-/t41-,42+,45-,46-/m1/s1. The molecule has 4 aromatic rings. The third-order valence-electron chi connectivity index (χ3n) is 9.87. The molecule has 62 heavy (non-hydrogen) atoms. The predicted octanol–water partition coefficient (Wildman–Crippen LogP) is 7.26. The van der Waals surface area contributed by atoms with Crippen LogP contribution in [0.2, 0.25) is 0 Å². The molecule has 0 amide bonds. The maximum atomic E-state index is 13.2. The largest absolute Gasteiger partial charge is 0.494 e. The van der Waals surface area contributed by atoms with Crippen LogP contribution < -0.4 is 9.47 Å². The van der Waals surface area contributed by atoms with Crippen LogP contribution in [0.3, 0.4) is 0 Å². The van der Waals surface area contributed by atoms with Crippen molar-refractivity contribution in [3.05, 3.63) is 132 Å². The van der Waals surface area contributed by atoms with Crippen LogP contribution in [0.25, 0.3) is 38.5 Å². The minimum atomic E-state index is -0.863. The van der Waals surface area contributed by atoms with Gasteiger partial charge in [0.2, 0.25) is 0 Å². The Balaban J connectivity index is 0.983. The molecule has 6 rings (SSSR count). The molecule has 14 nitrogen and oxygen atoms in total. The van der Waals surface area contributed by atoms with Crippen LogP contribution in [0, 0.1) is 17.9 Å². The second kappa shape index (κ2) is 21.8. The fraction of sp³-hybridized carbons (Fsp3) is 0.292. The third kappa shape index (κ3) is 11.9. The van der Waals surface area contributed by atoms with Gasteiger partial charge in [0.1, 0.15) is 35.3 Å². The lowest BCUT2D eigenvalue weighted by atomic mass is 10.0. The number of unbranched alkanes of at least 4 members (excludes halogenated alkanes) is 2. The zero-order valence-corrected chi connectivity index (χ0v) is 33.8. The van der Waals surface area contributed by atoms with Gasteiger partial charge in [0, 0.05) is 12.2 Å². The fourth-order valence-electron chi connectivity index (χ4n) is 6.72. The van der Waals surface area contributed by atoms with Crippen molar-refractivity contribution in [1.82, 2.24) is 0 Å². The lowest BCUT2D eigenvalue weighted by molar-refractivity contribution is -0.150. The van der Waals surface area contributed by atoms with Crippen LogP contribution in [-0.4, -0.2) is 87.9 Å². The van der Waals surface area contributed by atoms with E-state index in [0.29, 0.717) is 74.7 Å². The highest BCUT2D eigenvalue weighted by Crippen LogP contribution is 2.32. The summed E-state index contributed by atoms with van der Waals surface area (Å²) < 4.78 is 44.6. The molecule has 2 aliphatic heterocycles. The van der Waals surface area contributed by atoms with Crippen molar-refractivity contribution in [2.45, 2.75) is 50.1 Å². The molecule has 318 valence electrons. The zero-order chi connectivity index (χ0) is 43.8. The van der Waals surface area contributed by atoms with Gasteiger partial charge in [-0.2, -0.15) is 5.26 Å². The molecular formula is C48H44N2O12. The maximum Gasteiger partial charge on any atom is 0.349 e. The van der Waals surface area contributed by atoms with Gasteiger partial charge in [0.15, 0.2) is 12.2 Å². The molecule has 2 fully saturated rings. The van der Waals surface area contributed by atoms with Crippen molar-refractivity contribution in [2.75, 3.05) is 39.6 Å². The Morgan fingerprint density at radius 2 is 1.11 bits per heavy atom. The average Bonchev–Trinajstić information content (AvgIpc) is 3.88. The Hall–Kier alpha value is -7.26. The molecule has 2 saturated heterocycles. The highest BCUT2D eigenvalue weighted by molar-refractivity contribution is 5.99. The zero-order valence-electron chi connectivity index (χ0n) is 33.8. The number of ether oxygens (including phenoxy) is 8. The molecule has 2 heterocycles. The van der Waals surface area contributed by atoms with Crippen LogP contribution in [0.5, 0.6) is 11.5 Å². The van der Waals surface area contributed by atoms with Crippen LogP contribution in [0.4, 0.5) is 0 Å². The summed E-state index contributed by atoms with van der Waals surface area (Å²) in [5.74, 6) is -1.25. The molecule has 0 radical (unpaired) electrons. The summed E-state index contributed by atoms with van der Waals surface area (Å²) in [6.07, 6.45) is 4.64. The molecule has 0 bridgehead atoms. The Morgan fingerprint density at radius 1 is 0.661 bits per heavy atom. The number of fused-ring (bicyclic) bond motifs is 3. The van der Waals surface area contributed by atoms with E-state index in [0.717, 1.165) is 33.7 Å². The Labute approximate surface area is 358 Å². The number of carbonyl (C=O) groups is 4. The molecule has 0 N–H and O–H groups in total. The summed E-state index contributed by atoms with van der Waals surface area (Å²) in [6, 6.07) is 24.1. The van der Waals surface area contributed by atoms with Gasteiger partial charge in [-0.15, -0.1) is 0 Å². The first-order chi connectivity index (χ1) is 30.2. The number of esters is 4. The number of hydrogen-bond acceptors (Lipinski definition) is 13. The number of nitriles is 1. The van der Waals surface area contributed by atoms with E-state index in [1.807, 2.05) is 66.7 Å². The second-order valence-electron chi connectivity index (χ2n) is 14.2. The van der Waals surface area contributed by atoms with Gasteiger partial charge in [-0.25, -0.2) is 19.2 Å². The van der Waals surface area contributed by atoms with Crippen molar-refractivity contribution in [3.63, 3.8) is 0 Å². The maximum absolute atomic E-state index is 13.2. The quantitative estimate of drug-likeness (QED) is 0.0218. The summed E-state index contributed by atoms with van der Waals surface area (Å²) in [5, 5.41) is 13.4. The average molecular weight is 841 g/mol. The fourth-order valence-corrected chi connectivity index (χ4v) is 6.72. The van der Waals surface area contributed by atoms with Crippen LogP contribution in [0.1, 0.15) is 36.8 Å². The summed E-state index contributed by atoms with van der Waals surface area (Å²) in [4.78, 5) is 52.1. The predicted molar refractivity (Wildman–Crippen MR) is 227 cm³/mol. The Morgan fingerprint density at radius 3 is 1.60 bits per heavy atom. The van der Waals surface area contributed by atoms with Gasteiger partial charge in [-0.1, -0.05) is 49.6 Å². The van der Waals surface area contributed by atoms with E-state index >= 15 is 0 Å². The SMILES string of the molecule is [C-]#[N+]/C(=C\c1ccc2cc(OCCCCOC(=O)C=C)ccc2c1)C(=O)O[C@H]1CO[C@H]2[C@@H]1OC[C@H]2OC(=O)/C(C#N)=C/c1ccc2cc(OCCCCOC(=O)C=C)ccc2c1. The van der Waals surface area contributed by atoms with E-state index in [4.69, 9.17) is 44.5 Å². The van der Waals surface area contributed by atoms with E-state index in [2.05, 4.69) is 18.0 Å². The third-order valence-corrected chi connectivity index (χ3v) is 9.87. The Kier molecular flexibility index (Phi) is 15.6. The number of carbonyl (C=O) groups excluding carboxylic acids is 4. The minimum Gasteiger partial charge on any atom is -0.494 e. The molecule has 4 atom stereocenters. The van der Waals surface area contributed by atoms with Crippen molar-refractivity contribution in [1.29, 1.82) is 5.26 Å². The van der Waals surface area contributed by atoms with Crippen LogP contribution >= 0.6 is 0 Å². The summed E-state index contributed by atoms with van der Waals surface area (Å²) in [6.45, 7) is 15.8. The topological polar surface area (TPSA) is 170 Å². The molecule has 4 aromatic carbocycles.